The van der Waals surface area contributed by atoms with E-state index in [9.17, 15) is 9.59 Å². The minimum Gasteiger partial charge on any atom is -0.338 e. The van der Waals surface area contributed by atoms with E-state index in [4.69, 9.17) is 0 Å². The van der Waals surface area contributed by atoms with Gasteiger partial charge in [-0.05, 0) is 79.9 Å². The lowest BCUT2D eigenvalue weighted by Gasteiger charge is -2.60. The molecule has 158 valence electrons. The van der Waals surface area contributed by atoms with Gasteiger partial charge < -0.3 is 15.5 Å². The van der Waals surface area contributed by atoms with Gasteiger partial charge in [0.1, 0.15) is 0 Å². The van der Waals surface area contributed by atoms with Gasteiger partial charge in [-0.25, -0.2) is 4.79 Å². The second-order valence-electron chi connectivity index (χ2n) is 9.91. The van der Waals surface area contributed by atoms with Gasteiger partial charge in [0.2, 0.25) is 5.91 Å². The number of rotatable bonds is 6. The molecule has 1 aromatic rings. The summed E-state index contributed by atoms with van der Waals surface area (Å²) in [6, 6.07) is 7.90. The lowest BCUT2D eigenvalue weighted by molar-refractivity contribution is -0.123. The number of alkyl halides is 1. The first-order chi connectivity index (χ1) is 13.7. The molecule has 0 aromatic heterocycles. The van der Waals surface area contributed by atoms with Crippen LogP contribution in [0.4, 0.5) is 10.5 Å². The van der Waals surface area contributed by atoms with Crippen LogP contribution in [0.5, 0.6) is 0 Å². The number of hydrogen-bond donors (Lipinski definition) is 2. The van der Waals surface area contributed by atoms with Crippen LogP contribution >= 0.6 is 15.9 Å². The lowest BCUT2D eigenvalue weighted by atomic mass is 9.48. The largest absolute Gasteiger partial charge is 0.338 e. The molecule has 29 heavy (non-hydrogen) atoms. The molecule has 4 bridgehead atoms. The predicted octanol–water partition coefficient (Wildman–Crippen LogP) is 4.56. The highest BCUT2D eigenvalue weighted by Gasteiger charge is 2.57. The van der Waals surface area contributed by atoms with Crippen LogP contribution in [0.25, 0.3) is 0 Å². The monoisotopic (exact) mass is 461 g/mol. The van der Waals surface area contributed by atoms with Crippen LogP contribution in [0, 0.1) is 17.3 Å². The molecule has 4 aliphatic rings. The molecule has 0 aliphatic heterocycles. The van der Waals surface area contributed by atoms with Crippen LogP contribution in [0.15, 0.2) is 24.3 Å². The number of urea groups is 1. The van der Waals surface area contributed by atoms with Gasteiger partial charge in [0, 0.05) is 37.1 Å². The molecule has 2 unspecified atom stereocenters. The van der Waals surface area contributed by atoms with Crippen molar-refractivity contribution in [2.24, 2.45) is 17.3 Å². The molecule has 5 nitrogen and oxygen atoms in total. The zero-order valence-corrected chi connectivity index (χ0v) is 19.1. The first-order valence-electron chi connectivity index (χ1n) is 10.8. The molecule has 4 aliphatic carbocycles. The number of carbonyl (C=O) groups is 2. The Bertz CT molecular complexity index is 763. The molecular weight excluding hydrogens is 430 g/mol. The van der Waals surface area contributed by atoms with Crippen LogP contribution < -0.4 is 10.6 Å². The highest BCUT2D eigenvalue weighted by atomic mass is 79.9. The molecule has 6 heteroatoms. The van der Waals surface area contributed by atoms with E-state index in [2.05, 4.69) is 26.6 Å². The van der Waals surface area contributed by atoms with Crippen molar-refractivity contribution in [2.45, 2.75) is 55.7 Å². The highest BCUT2D eigenvalue weighted by molar-refractivity contribution is 9.10. The summed E-state index contributed by atoms with van der Waals surface area (Å²) in [7, 11) is 3.46. The molecule has 0 saturated heterocycles. The van der Waals surface area contributed by atoms with Gasteiger partial charge in [-0.2, -0.15) is 0 Å². The highest BCUT2D eigenvalue weighted by Crippen LogP contribution is 2.65. The van der Waals surface area contributed by atoms with Crippen LogP contribution in [0.1, 0.15) is 50.5 Å². The van der Waals surface area contributed by atoms with E-state index in [1.807, 2.05) is 24.3 Å². The third kappa shape index (κ3) is 4.79. The molecule has 0 spiro atoms. The van der Waals surface area contributed by atoms with Crippen molar-refractivity contribution in [2.75, 3.05) is 26.0 Å². The summed E-state index contributed by atoms with van der Waals surface area (Å²) in [6.07, 6.45) is 8.97. The Morgan fingerprint density at radius 1 is 1.10 bits per heavy atom. The van der Waals surface area contributed by atoms with Crippen molar-refractivity contribution < 1.29 is 9.59 Å². The van der Waals surface area contributed by atoms with Gasteiger partial charge >= 0.3 is 6.03 Å². The second-order valence-corrected chi connectivity index (χ2v) is 11.6. The van der Waals surface area contributed by atoms with E-state index in [0.717, 1.165) is 35.9 Å². The third-order valence-electron chi connectivity index (χ3n) is 6.98. The van der Waals surface area contributed by atoms with E-state index >= 15 is 0 Å². The summed E-state index contributed by atoms with van der Waals surface area (Å²) in [6.45, 7) is 0.599. The number of anilines is 1. The number of hydrogen-bond acceptors (Lipinski definition) is 2. The Kier molecular flexibility index (Phi) is 5.66. The maximum absolute atomic E-state index is 12.8. The number of nitrogens with zero attached hydrogens (tertiary/aromatic N) is 1. The maximum atomic E-state index is 12.8. The van der Waals surface area contributed by atoms with Crippen LogP contribution in [0.2, 0.25) is 0 Å². The molecule has 0 heterocycles. The number of amides is 3. The van der Waals surface area contributed by atoms with E-state index in [1.54, 1.807) is 14.1 Å². The topological polar surface area (TPSA) is 61.4 Å². The van der Waals surface area contributed by atoms with E-state index in [1.165, 1.54) is 37.0 Å². The molecule has 3 amide bonds. The summed E-state index contributed by atoms with van der Waals surface area (Å²) in [5.41, 5.74) is 2.20. The molecule has 2 N–H and O–H groups in total. The van der Waals surface area contributed by atoms with Gasteiger partial charge in [-0.1, -0.05) is 28.1 Å². The summed E-state index contributed by atoms with van der Waals surface area (Å²) in [5, 5.41) is 5.98. The van der Waals surface area contributed by atoms with Crippen molar-refractivity contribution in [3.05, 3.63) is 29.8 Å². The fourth-order valence-electron chi connectivity index (χ4n) is 6.32. The van der Waals surface area contributed by atoms with Crippen LogP contribution in [0.3, 0.4) is 0 Å². The van der Waals surface area contributed by atoms with Crippen LogP contribution in [-0.4, -0.2) is 41.8 Å². The SMILES string of the molecule is CN(C)C(=O)NCCc1ccc(NC(=O)CC23CC4CC(CC(Br)(C4)C2)C3)cc1. The maximum Gasteiger partial charge on any atom is 0.316 e. The number of benzene rings is 1. The minimum absolute atomic E-state index is 0.0798. The summed E-state index contributed by atoms with van der Waals surface area (Å²) in [5.74, 6) is 1.75. The Morgan fingerprint density at radius 2 is 1.76 bits per heavy atom. The zero-order chi connectivity index (χ0) is 20.6. The third-order valence-corrected chi connectivity index (χ3v) is 7.91. The Hall–Kier alpha value is -1.56. The number of halogens is 1. The first-order valence-corrected chi connectivity index (χ1v) is 11.6. The second kappa shape index (κ2) is 7.93. The minimum atomic E-state index is -0.0798. The molecule has 1 aromatic carbocycles. The van der Waals surface area contributed by atoms with Crippen molar-refractivity contribution in [1.29, 1.82) is 0 Å². The summed E-state index contributed by atoms with van der Waals surface area (Å²) >= 11 is 4.03. The van der Waals surface area contributed by atoms with Crippen molar-refractivity contribution in [1.82, 2.24) is 10.2 Å². The normalized spacial score (nSPS) is 32.1. The average Bonchev–Trinajstić information content (AvgIpc) is 2.60. The lowest BCUT2D eigenvalue weighted by Crippen LogP contribution is -2.53. The first kappa shape index (κ1) is 20.7. The van der Waals surface area contributed by atoms with Crippen molar-refractivity contribution >= 4 is 33.6 Å². The standard InChI is InChI=1S/C23H32BrN3O2/c1-27(2)21(29)25-8-7-16-3-5-19(6-4-16)26-20(28)14-22-10-17-9-18(11-22)13-23(24,12-17)15-22/h3-6,17-18H,7-15H2,1-2H3,(H,25,29)(H,26,28). The molecule has 4 saturated carbocycles. The Labute approximate surface area is 182 Å². The molecule has 5 rings (SSSR count). The number of carbonyl (C=O) groups excluding carboxylic acids is 2. The van der Waals surface area contributed by atoms with Crippen molar-refractivity contribution in [3.63, 3.8) is 0 Å². The van der Waals surface area contributed by atoms with Gasteiger partial charge in [-0.3, -0.25) is 4.79 Å². The van der Waals surface area contributed by atoms with Gasteiger partial charge in [0.25, 0.3) is 0 Å². The molecular formula is C23H32BrN3O2. The summed E-state index contributed by atoms with van der Waals surface area (Å²) in [4.78, 5) is 25.9. The number of nitrogens with one attached hydrogen (secondary N) is 2. The Morgan fingerprint density at radius 3 is 2.34 bits per heavy atom. The Balaban J connectivity index is 1.28. The molecule has 4 fully saturated rings. The fourth-order valence-corrected chi connectivity index (χ4v) is 7.83. The van der Waals surface area contributed by atoms with Gasteiger partial charge in [0.05, 0.1) is 0 Å². The van der Waals surface area contributed by atoms with E-state index < -0.39 is 0 Å². The van der Waals surface area contributed by atoms with Crippen LogP contribution in [-0.2, 0) is 11.2 Å². The fraction of sp³-hybridized carbons (Fsp3) is 0.652. The van der Waals surface area contributed by atoms with Gasteiger partial charge in [-0.15, -0.1) is 0 Å². The zero-order valence-electron chi connectivity index (χ0n) is 17.5. The summed E-state index contributed by atoms with van der Waals surface area (Å²) < 4.78 is 0.293. The van der Waals surface area contributed by atoms with Gasteiger partial charge in [0.15, 0.2) is 0 Å². The predicted molar refractivity (Wildman–Crippen MR) is 119 cm³/mol. The van der Waals surface area contributed by atoms with Crippen molar-refractivity contribution in [3.8, 4) is 0 Å². The molecule has 0 radical (unpaired) electrons. The van der Waals surface area contributed by atoms with E-state index in [0.29, 0.717) is 17.3 Å². The quantitative estimate of drug-likeness (QED) is 0.609. The molecule has 2 atom stereocenters. The average molecular weight is 462 g/mol. The smallest absolute Gasteiger partial charge is 0.316 e. The van der Waals surface area contributed by atoms with E-state index in [-0.39, 0.29) is 17.4 Å².